The number of aliphatic hydroxyl groups is 1. The molecule has 3 amide bonds. The van der Waals surface area contributed by atoms with Crippen LogP contribution < -0.4 is 25.8 Å². The minimum absolute atomic E-state index is 0.0824. The van der Waals surface area contributed by atoms with Crippen molar-refractivity contribution in [2.24, 2.45) is 0 Å². The third kappa shape index (κ3) is 8.04. The van der Waals surface area contributed by atoms with Gasteiger partial charge in [0.25, 0.3) is 5.91 Å². The number of hydrogen-bond donors (Lipinski definition) is 4. The minimum Gasteiger partial charge on any atom is -0.384 e. The van der Waals surface area contributed by atoms with E-state index in [1.165, 1.54) is 18.2 Å². The van der Waals surface area contributed by atoms with Crippen molar-refractivity contribution in [3.05, 3.63) is 89.8 Å². The number of imide groups is 1. The first-order valence-electron chi connectivity index (χ1n) is 18.2. The molecular weight excluding hydrogens is 691 g/mol. The molecule has 3 fully saturated rings. The summed E-state index contributed by atoms with van der Waals surface area (Å²) in [6.45, 7) is 8.29. The number of carbonyl (C=O) groups is 3. The zero-order valence-electron chi connectivity index (χ0n) is 30.3. The molecule has 0 spiro atoms. The maximum atomic E-state index is 15.2. The third-order valence-corrected chi connectivity index (χ3v) is 10.3. The predicted octanol–water partition coefficient (Wildman–Crippen LogP) is 3.77. The Morgan fingerprint density at radius 3 is 2.35 bits per heavy atom. The Morgan fingerprint density at radius 1 is 0.963 bits per heavy atom. The molecule has 4 aromatic rings. The first-order chi connectivity index (χ1) is 25.9. The number of aromatic nitrogens is 3. The summed E-state index contributed by atoms with van der Waals surface area (Å²) in [5.74, 6) is -1.52. The number of nitriles is 1. The van der Waals surface area contributed by atoms with E-state index in [0.717, 1.165) is 63.5 Å². The standard InChI is InChI=1S/C39H43FN10O4/c1-39(2,54)36-33(44-37(52)31-5-3-4-26(23-41)43-31)24-50(46-36)29-9-7-27(8-10-29)47-18-20-48(21-19-47)28-14-16-49(17-15-28)34-12-6-25(22-30(34)40)42-32-11-13-35(51)45-38(32)53/h3-10,12,22,24,28,32,42,54H,11,13-21H2,1-2H3,(H,44,52)(H,45,51,53). The zero-order valence-corrected chi connectivity index (χ0v) is 30.3. The normalized spacial score (nSPS) is 18.6. The Hall–Kier alpha value is -5.85. The second kappa shape index (κ2) is 15.2. The summed E-state index contributed by atoms with van der Waals surface area (Å²) in [6.07, 6.45) is 4.17. The lowest BCUT2D eigenvalue weighted by molar-refractivity contribution is -0.133. The lowest BCUT2D eigenvalue weighted by atomic mass is 10.0. The Morgan fingerprint density at radius 2 is 1.69 bits per heavy atom. The van der Waals surface area contributed by atoms with Crippen LogP contribution in [0.25, 0.3) is 5.69 Å². The Labute approximate surface area is 312 Å². The summed E-state index contributed by atoms with van der Waals surface area (Å²) in [5.41, 5.74) is 2.43. The van der Waals surface area contributed by atoms with Gasteiger partial charge in [-0.05, 0) is 87.7 Å². The summed E-state index contributed by atoms with van der Waals surface area (Å²) in [6, 6.07) is 19.4. The van der Waals surface area contributed by atoms with Gasteiger partial charge in [0.2, 0.25) is 11.8 Å². The Bertz CT molecular complexity index is 2070. The lowest BCUT2D eigenvalue weighted by Crippen LogP contribution is -2.53. The van der Waals surface area contributed by atoms with E-state index >= 15 is 4.39 Å². The summed E-state index contributed by atoms with van der Waals surface area (Å²) < 4.78 is 16.8. The molecule has 0 saturated carbocycles. The topological polar surface area (TPSA) is 172 Å². The lowest BCUT2D eigenvalue weighted by Gasteiger charge is -2.44. The largest absolute Gasteiger partial charge is 0.384 e. The van der Waals surface area contributed by atoms with E-state index in [1.54, 1.807) is 42.9 Å². The minimum atomic E-state index is -1.34. The number of carbonyl (C=O) groups excluding carboxylic acids is 3. The first kappa shape index (κ1) is 36.5. The first-order valence-corrected chi connectivity index (χ1v) is 18.2. The number of halogens is 1. The van der Waals surface area contributed by atoms with E-state index in [4.69, 9.17) is 5.26 Å². The van der Waals surface area contributed by atoms with Crippen LogP contribution in [0.15, 0.2) is 66.9 Å². The average Bonchev–Trinajstić information content (AvgIpc) is 3.61. The fourth-order valence-corrected chi connectivity index (χ4v) is 7.38. The fourth-order valence-electron chi connectivity index (χ4n) is 7.38. The smallest absolute Gasteiger partial charge is 0.274 e. The quantitative estimate of drug-likeness (QED) is 0.185. The second-order valence-electron chi connectivity index (χ2n) is 14.4. The van der Waals surface area contributed by atoms with Gasteiger partial charge in [-0.2, -0.15) is 10.4 Å². The van der Waals surface area contributed by atoms with E-state index in [-0.39, 0.29) is 35.4 Å². The number of pyridine rings is 1. The number of hydrogen-bond acceptors (Lipinski definition) is 11. The van der Waals surface area contributed by atoms with Gasteiger partial charge in [-0.15, -0.1) is 0 Å². The van der Waals surface area contributed by atoms with Crippen LogP contribution >= 0.6 is 0 Å². The average molecular weight is 735 g/mol. The number of nitrogens with zero attached hydrogens (tertiary/aromatic N) is 7. The molecule has 15 heteroatoms. The molecule has 280 valence electrons. The number of rotatable bonds is 9. The molecule has 14 nitrogen and oxygen atoms in total. The predicted molar refractivity (Wildman–Crippen MR) is 201 cm³/mol. The highest BCUT2D eigenvalue weighted by molar-refractivity contribution is 6.03. The highest BCUT2D eigenvalue weighted by Gasteiger charge is 2.30. The van der Waals surface area contributed by atoms with Crippen molar-refractivity contribution in [3.63, 3.8) is 0 Å². The van der Waals surface area contributed by atoms with Gasteiger partial charge in [0.1, 0.15) is 40.6 Å². The molecule has 5 heterocycles. The molecule has 2 aromatic carbocycles. The van der Waals surface area contributed by atoms with Gasteiger partial charge >= 0.3 is 0 Å². The van der Waals surface area contributed by atoms with E-state index in [2.05, 4.69) is 40.7 Å². The van der Waals surface area contributed by atoms with Crippen LogP contribution in [0.2, 0.25) is 0 Å². The van der Waals surface area contributed by atoms with Gasteiger partial charge in [-0.1, -0.05) is 6.07 Å². The van der Waals surface area contributed by atoms with Crippen molar-refractivity contribution >= 4 is 40.5 Å². The van der Waals surface area contributed by atoms with Crippen LogP contribution in [-0.4, -0.2) is 93.8 Å². The van der Waals surface area contributed by atoms with E-state index in [1.807, 2.05) is 30.3 Å². The van der Waals surface area contributed by atoms with E-state index < -0.39 is 17.6 Å². The fraction of sp³-hybridized carbons (Fsp3) is 0.385. The van der Waals surface area contributed by atoms with Gasteiger partial charge in [0, 0.05) is 63.1 Å². The van der Waals surface area contributed by atoms with Gasteiger partial charge in [-0.25, -0.2) is 14.1 Å². The molecule has 4 N–H and O–H groups in total. The zero-order chi connectivity index (χ0) is 38.0. The molecule has 3 saturated heterocycles. The van der Waals surface area contributed by atoms with Gasteiger partial charge in [0.15, 0.2) is 0 Å². The van der Waals surface area contributed by atoms with E-state index in [9.17, 15) is 19.5 Å². The van der Waals surface area contributed by atoms with Gasteiger partial charge in [0.05, 0.1) is 23.3 Å². The monoisotopic (exact) mass is 734 g/mol. The molecule has 3 aliphatic heterocycles. The van der Waals surface area contributed by atoms with Gasteiger partial charge < -0.3 is 25.5 Å². The molecule has 0 bridgehead atoms. The van der Waals surface area contributed by atoms with Crippen LogP contribution in [0.1, 0.15) is 61.4 Å². The van der Waals surface area contributed by atoms with Crippen molar-refractivity contribution in [2.45, 2.75) is 57.2 Å². The summed E-state index contributed by atoms with van der Waals surface area (Å²) in [5, 5.41) is 32.8. The highest BCUT2D eigenvalue weighted by atomic mass is 19.1. The van der Waals surface area contributed by atoms with Crippen LogP contribution in [0.3, 0.4) is 0 Å². The number of anilines is 4. The Balaban J connectivity index is 0.917. The molecule has 54 heavy (non-hydrogen) atoms. The maximum absolute atomic E-state index is 15.2. The summed E-state index contributed by atoms with van der Waals surface area (Å²) >= 11 is 0. The summed E-state index contributed by atoms with van der Waals surface area (Å²) in [4.78, 5) is 47.5. The van der Waals surface area contributed by atoms with E-state index in [0.29, 0.717) is 35.2 Å². The number of piperazine rings is 1. The molecular formula is C39H43FN10O4. The molecule has 0 radical (unpaired) electrons. The van der Waals surface area contributed by atoms with Crippen molar-refractivity contribution in [2.75, 3.05) is 59.7 Å². The van der Waals surface area contributed by atoms with Gasteiger partial charge in [-0.3, -0.25) is 24.6 Å². The third-order valence-electron chi connectivity index (χ3n) is 10.3. The van der Waals surface area contributed by atoms with Crippen molar-refractivity contribution in [1.29, 1.82) is 5.26 Å². The second-order valence-corrected chi connectivity index (χ2v) is 14.4. The number of amides is 3. The van der Waals surface area contributed by atoms with Crippen molar-refractivity contribution < 1.29 is 23.9 Å². The number of benzene rings is 2. The van der Waals surface area contributed by atoms with Crippen LogP contribution in [0.4, 0.5) is 27.1 Å². The summed E-state index contributed by atoms with van der Waals surface area (Å²) in [7, 11) is 0. The molecule has 2 aromatic heterocycles. The van der Waals surface area contributed by atoms with Crippen molar-refractivity contribution in [3.8, 4) is 11.8 Å². The molecule has 1 atom stereocenters. The highest BCUT2D eigenvalue weighted by Crippen LogP contribution is 2.31. The Kier molecular flexibility index (Phi) is 10.3. The van der Waals surface area contributed by atoms with Crippen LogP contribution in [0.5, 0.6) is 0 Å². The molecule has 0 aliphatic carbocycles. The molecule has 1 unspecified atom stereocenters. The van der Waals surface area contributed by atoms with Crippen molar-refractivity contribution in [1.82, 2.24) is 25.0 Å². The van der Waals surface area contributed by atoms with Crippen LogP contribution in [0, 0.1) is 17.1 Å². The number of nitrogens with one attached hydrogen (secondary N) is 3. The van der Waals surface area contributed by atoms with Crippen LogP contribution in [-0.2, 0) is 15.2 Å². The SMILES string of the molecule is CC(C)(O)c1nn(-c2ccc(N3CCN(C4CCN(c5ccc(NC6CCC(=O)NC6=O)cc5F)CC4)CC3)cc2)cc1NC(=O)c1cccc(C#N)n1. The molecule has 3 aliphatic rings. The molecule has 7 rings (SSSR count). The maximum Gasteiger partial charge on any atom is 0.274 e. The number of piperidine rings is 2.